The molecule has 0 bridgehead atoms. The molecule has 0 aromatic heterocycles. The lowest BCUT2D eigenvalue weighted by Crippen LogP contribution is -2.06. The summed E-state index contributed by atoms with van der Waals surface area (Å²) in [6, 6.07) is 10.7. The van der Waals surface area contributed by atoms with Crippen LogP contribution in [0.5, 0.6) is 0 Å². The summed E-state index contributed by atoms with van der Waals surface area (Å²) in [6.07, 6.45) is 1.78. The van der Waals surface area contributed by atoms with E-state index in [1.165, 1.54) is 5.56 Å². The number of hydrogen-bond donors (Lipinski definition) is 0. The molecule has 1 aliphatic carbocycles. The Morgan fingerprint density at radius 3 is 2.50 bits per heavy atom. The number of Topliss-reactive ketones (excluding diaryl/α,β-unsaturated/α-hetero) is 1. The van der Waals surface area contributed by atoms with Crippen molar-refractivity contribution in [3.05, 3.63) is 35.9 Å². The summed E-state index contributed by atoms with van der Waals surface area (Å²) in [5, 5.41) is 0. The van der Waals surface area contributed by atoms with Gasteiger partial charge in [0.2, 0.25) is 0 Å². The Balaban J connectivity index is 2.08. The molecule has 0 saturated heterocycles. The number of ketones is 1. The van der Waals surface area contributed by atoms with E-state index >= 15 is 0 Å². The normalized spacial score (nSPS) is 32.4. The maximum Gasteiger partial charge on any atom is 0.129 e. The van der Waals surface area contributed by atoms with E-state index in [1.54, 1.807) is 6.92 Å². The van der Waals surface area contributed by atoms with Gasteiger partial charge in [-0.25, -0.2) is 0 Å². The first kappa shape index (κ1) is 11.4. The molecule has 1 saturated carbocycles. The third kappa shape index (κ3) is 1.79. The predicted octanol–water partition coefficient (Wildman–Crippen LogP) is 3.58. The standard InChI is InChI=1S/C15H20O/c1-11(16)9-10-14-12(2)15(14,3)13-7-5-4-6-8-13/h4-8,12,14H,9-10H2,1-3H3/t12-,14+,15-/m1/s1. The molecule has 0 aliphatic heterocycles. The molecule has 0 unspecified atom stereocenters. The quantitative estimate of drug-likeness (QED) is 0.752. The van der Waals surface area contributed by atoms with E-state index in [4.69, 9.17) is 0 Å². The van der Waals surface area contributed by atoms with Gasteiger partial charge in [0.15, 0.2) is 0 Å². The van der Waals surface area contributed by atoms with Crippen molar-refractivity contribution in [3.8, 4) is 0 Å². The summed E-state index contributed by atoms with van der Waals surface area (Å²) in [5.74, 6) is 1.70. The largest absolute Gasteiger partial charge is 0.300 e. The van der Waals surface area contributed by atoms with E-state index in [0.29, 0.717) is 23.0 Å². The number of carbonyl (C=O) groups excluding carboxylic acids is 1. The SMILES string of the molecule is CC(=O)CC[C@H]1[C@@H](C)[C@]1(C)c1ccccc1. The molecule has 3 atom stereocenters. The van der Waals surface area contributed by atoms with Gasteiger partial charge in [0, 0.05) is 6.42 Å². The van der Waals surface area contributed by atoms with Crippen molar-refractivity contribution in [2.45, 2.75) is 39.0 Å². The third-order valence-electron chi connectivity index (χ3n) is 4.41. The van der Waals surface area contributed by atoms with Crippen LogP contribution in [0.1, 0.15) is 39.2 Å². The van der Waals surface area contributed by atoms with Crippen LogP contribution in [0, 0.1) is 11.8 Å². The summed E-state index contributed by atoms with van der Waals surface area (Å²) in [5.41, 5.74) is 1.73. The van der Waals surface area contributed by atoms with Crippen molar-refractivity contribution in [2.24, 2.45) is 11.8 Å². The zero-order valence-electron chi connectivity index (χ0n) is 10.4. The average Bonchev–Trinajstić information content (AvgIpc) is 2.81. The Morgan fingerprint density at radius 2 is 1.94 bits per heavy atom. The molecule has 1 nitrogen and oxygen atoms in total. The summed E-state index contributed by atoms with van der Waals surface area (Å²) >= 11 is 0. The molecule has 1 heteroatoms. The van der Waals surface area contributed by atoms with E-state index in [-0.39, 0.29) is 0 Å². The molecular weight excluding hydrogens is 196 g/mol. The molecule has 0 heterocycles. The Bertz CT molecular complexity index is 382. The Morgan fingerprint density at radius 1 is 1.31 bits per heavy atom. The molecule has 2 rings (SSSR count). The van der Waals surface area contributed by atoms with E-state index in [9.17, 15) is 4.79 Å². The smallest absolute Gasteiger partial charge is 0.129 e. The highest BCUT2D eigenvalue weighted by atomic mass is 16.1. The van der Waals surface area contributed by atoms with Gasteiger partial charge in [-0.15, -0.1) is 0 Å². The van der Waals surface area contributed by atoms with Crippen LogP contribution in [0.15, 0.2) is 30.3 Å². The van der Waals surface area contributed by atoms with Crippen molar-refractivity contribution < 1.29 is 4.79 Å². The summed E-state index contributed by atoms with van der Waals surface area (Å²) in [4.78, 5) is 11.0. The maximum atomic E-state index is 11.0. The van der Waals surface area contributed by atoms with Gasteiger partial charge in [-0.05, 0) is 36.2 Å². The maximum absolute atomic E-state index is 11.0. The minimum Gasteiger partial charge on any atom is -0.300 e. The summed E-state index contributed by atoms with van der Waals surface area (Å²) < 4.78 is 0. The Labute approximate surface area is 97.9 Å². The van der Waals surface area contributed by atoms with E-state index in [1.807, 2.05) is 0 Å². The molecule has 0 radical (unpaired) electrons. The van der Waals surface area contributed by atoms with Gasteiger partial charge in [-0.2, -0.15) is 0 Å². The van der Waals surface area contributed by atoms with Crippen LogP contribution in [0.25, 0.3) is 0 Å². The van der Waals surface area contributed by atoms with E-state index in [0.717, 1.165) is 12.8 Å². The summed E-state index contributed by atoms with van der Waals surface area (Å²) in [7, 11) is 0. The van der Waals surface area contributed by atoms with Gasteiger partial charge in [-0.3, -0.25) is 0 Å². The van der Waals surface area contributed by atoms with Crippen LogP contribution in [-0.4, -0.2) is 5.78 Å². The van der Waals surface area contributed by atoms with Crippen LogP contribution in [0.3, 0.4) is 0 Å². The molecule has 0 amide bonds. The fourth-order valence-corrected chi connectivity index (χ4v) is 3.02. The molecule has 1 aliphatic rings. The van der Waals surface area contributed by atoms with Crippen LogP contribution in [-0.2, 0) is 10.2 Å². The molecule has 1 aromatic carbocycles. The monoisotopic (exact) mass is 216 g/mol. The topological polar surface area (TPSA) is 17.1 Å². The first-order valence-electron chi connectivity index (χ1n) is 6.11. The highest BCUT2D eigenvalue weighted by molar-refractivity contribution is 5.75. The zero-order valence-corrected chi connectivity index (χ0v) is 10.4. The van der Waals surface area contributed by atoms with E-state index in [2.05, 4.69) is 44.2 Å². The Hall–Kier alpha value is -1.11. The molecule has 0 N–H and O–H groups in total. The fourth-order valence-electron chi connectivity index (χ4n) is 3.02. The molecule has 1 fully saturated rings. The molecule has 16 heavy (non-hydrogen) atoms. The first-order valence-corrected chi connectivity index (χ1v) is 6.11. The van der Waals surface area contributed by atoms with Crippen LogP contribution in [0.2, 0.25) is 0 Å². The van der Waals surface area contributed by atoms with Crippen molar-refractivity contribution in [2.75, 3.05) is 0 Å². The lowest BCUT2D eigenvalue weighted by molar-refractivity contribution is -0.117. The minimum absolute atomic E-state index is 0.302. The second kappa shape index (κ2) is 4.04. The third-order valence-corrected chi connectivity index (χ3v) is 4.41. The van der Waals surface area contributed by atoms with Crippen molar-refractivity contribution in [1.29, 1.82) is 0 Å². The van der Waals surface area contributed by atoms with Gasteiger partial charge >= 0.3 is 0 Å². The lowest BCUT2D eigenvalue weighted by Gasteiger charge is -2.11. The predicted molar refractivity (Wildman–Crippen MR) is 66.4 cm³/mol. The van der Waals surface area contributed by atoms with Gasteiger partial charge < -0.3 is 4.79 Å². The van der Waals surface area contributed by atoms with Crippen molar-refractivity contribution >= 4 is 5.78 Å². The molecular formula is C15H20O. The van der Waals surface area contributed by atoms with Gasteiger partial charge in [0.25, 0.3) is 0 Å². The number of carbonyl (C=O) groups is 1. The van der Waals surface area contributed by atoms with Crippen LogP contribution in [0.4, 0.5) is 0 Å². The minimum atomic E-state index is 0.302. The number of benzene rings is 1. The molecule has 0 spiro atoms. The average molecular weight is 216 g/mol. The zero-order chi connectivity index (χ0) is 11.8. The molecule has 1 aromatic rings. The van der Waals surface area contributed by atoms with Gasteiger partial charge in [0.05, 0.1) is 0 Å². The van der Waals surface area contributed by atoms with Crippen molar-refractivity contribution in [1.82, 2.24) is 0 Å². The second-order valence-corrected chi connectivity index (χ2v) is 5.28. The van der Waals surface area contributed by atoms with Gasteiger partial charge in [0.1, 0.15) is 5.78 Å². The summed E-state index contributed by atoms with van der Waals surface area (Å²) in [6.45, 7) is 6.32. The highest BCUT2D eigenvalue weighted by Crippen LogP contribution is 2.61. The first-order chi connectivity index (χ1) is 7.56. The van der Waals surface area contributed by atoms with Crippen LogP contribution < -0.4 is 0 Å². The highest BCUT2D eigenvalue weighted by Gasteiger charge is 2.58. The lowest BCUT2D eigenvalue weighted by atomic mass is 9.93. The number of hydrogen-bond acceptors (Lipinski definition) is 1. The molecule has 86 valence electrons. The fraction of sp³-hybridized carbons (Fsp3) is 0.533. The van der Waals surface area contributed by atoms with Crippen molar-refractivity contribution in [3.63, 3.8) is 0 Å². The van der Waals surface area contributed by atoms with E-state index < -0.39 is 0 Å². The second-order valence-electron chi connectivity index (χ2n) is 5.28. The van der Waals surface area contributed by atoms with Crippen LogP contribution >= 0.6 is 0 Å². The number of rotatable bonds is 4. The van der Waals surface area contributed by atoms with Gasteiger partial charge in [-0.1, -0.05) is 44.2 Å². The Kier molecular flexibility index (Phi) is 2.88.